The first-order valence-corrected chi connectivity index (χ1v) is 12.8. The number of nitrogens with zero attached hydrogens (tertiary/aromatic N) is 3. The van der Waals surface area contributed by atoms with E-state index in [1.54, 1.807) is 12.1 Å². The standard InChI is InChI=1S/C28H25F3N4O3/c29-28(30,31)19-5-4-17-7-21-23(32)33-25(34-24(21)38-22(17)9-19)27-12-15-6-16(13-27)11-26(10-15,14-27)18-2-1-3-20(8-18)35(36)37/h1-5,8-9,15-16H,6-7,10-14H2,(H2,32,33,34). The minimum atomic E-state index is -4.48. The lowest BCUT2D eigenvalue weighted by atomic mass is 9.42. The van der Waals surface area contributed by atoms with Crippen molar-refractivity contribution in [2.45, 2.75) is 62.0 Å². The minimum Gasteiger partial charge on any atom is -0.438 e. The van der Waals surface area contributed by atoms with Gasteiger partial charge in [-0.2, -0.15) is 18.2 Å². The Bertz CT molecular complexity index is 1490. The molecular formula is C28H25F3N4O3. The number of rotatable bonds is 3. The summed E-state index contributed by atoms with van der Waals surface area (Å²) in [5.41, 5.74) is 7.34. The monoisotopic (exact) mass is 522 g/mol. The highest BCUT2D eigenvalue weighted by atomic mass is 19.4. The average molecular weight is 523 g/mol. The molecule has 2 heterocycles. The lowest BCUT2D eigenvalue weighted by Crippen LogP contribution is -2.56. The second kappa shape index (κ2) is 7.68. The van der Waals surface area contributed by atoms with Crippen LogP contribution in [0.3, 0.4) is 0 Å². The van der Waals surface area contributed by atoms with Crippen molar-refractivity contribution < 1.29 is 22.8 Å². The summed E-state index contributed by atoms with van der Waals surface area (Å²) in [7, 11) is 0. The molecule has 2 unspecified atom stereocenters. The van der Waals surface area contributed by atoms with Crippen LogP contribution in [0.1, 0.15) is 66.6 Å². The number of nitrogens with two attached hydrogens (primary N) is 1. The van der Waals surface area contributed by atoms with Crippen molar-refractivity contribution in [1.82, 2.24) is 9.97 Å². The Morgan fingerprint density at radius 1 is 1.03 bits per heavy atom. The summed E-state index contributed by atoms with van der Waals surface area (Å²) in [5, 5.41) is 11.5. The summed E-state index contributed by atoms with van der Waals surface area (Å²) < 4.78 is 45.9. The van der Waals surface area contributed by atoms with Gasteiger partial charge in [0.05, 0.1) is 16.1 Å². The molecule has 4 saturated carbocycles. The first kappa shape index (κ1) is 23.4. The summed E-state index contributed by atoms with van der Waals surface area (Å²) in [6, 6.07) is 10.4. The van der Waals surface area contributed by atoms with Crippen LogP contribution in [0.25, 0.3) is 0 Å². The van der Waals surface area contributed by atoms with Gasteiger partial charge in [-0.1, -0.05) is 18.2 Å². The maximum Gasteiger partial charge on any atom is 0.416 e. The number of anilines is 1. The highest BCUT2D eigenvalue weighted by Gasteiger charge is 2.60. The highest BCUT2D eigenvalue weighted by Crippen LogP contribution is 2.66. The van der Waals surface area contributed by atoms with Gasteiger partial charge >= 0.3 is 6.18 Å². The molecule has 5 aliphatic rings. The third-order valence-electron chi connectivity index (χ3n) is 9.17. The number of ether oxygens (including phenoxy) is 1. The van der Waals surface area contributed by atoms with Crippen molar-refractivity contribution in [3.63, 3.8) is 0 Å². The lowest BCUT2D eigenvalue weighted by Gasteiger charge is -2.61. The molecule has 2 aromatic carbocycles. The first-order chi connectivity index (χ1) is 18.0. The fourth-order valence-corrected chi connectivity index (χ4v) is 8.05. The van der Waals surface area contributed by atoms with Crippen LogP contribution in [0, 0.1) is 22.0 Å². The Kier molecular flexibility index (Phi) is 4.73. The minimum absolute atomic E-state index is 0.0897. The number of nitrogen functional groups attached to an aromatic ring is 1. The van der Waals surface area contributed by atoms with E-state index in [-0.39, 0.29) is 38.9 Å². The summed E-state index contributed by atoms with van der Waals surface area (Å²) >= 11 is 0. The summed E-state index contributed by atoms with van der Waals surface area (Å²) in [6.45, 7) is 0. The molecule has 2 atom stereocenters. The van der Waals surface area contributed by atoms with E-state index >= 15 is 0 Å². The van der Waals surface area contributed by atoms with E-state index in [1.807, 2.05) is 6.07 Å². The van der Waals surface area contributed by atoms with Crippen LogP contribution in [-0.4, -0.2) is 14.9 Å². The van der Waals surface area contributed by atoms with Gasteiger partial charge in [-0.25, -0.2) is 4.98 Å². The molecule has 0 amide bonds. The van der Waals surface area contributed by atoms with Gasteiger partial charge in [0.15, 0.2) is 0 Å². The average Bonchev–Trinajstić information content (AvgIpc) is 2.86. The molecule has 4 bridgehead atoms. The topological polar surface area (TPSA) is 104 Å². The molecule has 10 heteroatoms. The molecule has 1 aromatic heterocycles. The van der Waals surface area contributed by atoms with Crippen molar-refractivity contribution >= 4 is 11.5 Å². The van der Waals surface area contributed by atoms with Gasteiger partial charge < -0.3 is 10.5 Å². The molecular weight excluding hydrogens is 497 g/mol. The number of aromatic nitrogens is 2. The van der Waals surface area contributed by atoms with Crippen molar-refractivity contribution in [2.24, 2.45) is 11.8 Å². The Hall–Kier alpha value is -3.69. The maximum absolute atomic E-state index is 13.3. The van der Waals surface area contributed by atoms with Crippen LogP contribution in [0.5, 0.6) is 11.6 Å². The number of hydrogen-bond acceptors (Lipinski definition) is 6. The zero-order valence-electron chi connectivity index (χ0n) is 20.4. The Morgan fingerprint density at radius 3 is 2.47 bits per heavy atom. The zero-order valence-corrected chi connectivity index (χ0v) is 20.4. The third-order valence-corrected chi connectivity index (χ3v) is 9.17. The second-order valence-corrected chi connectivity index (χ2v) is 11.6. The number of non-ortho nitro benzene ring substituents is 1. The Morgan fingerprint density at radius 2 is 1.76 bits per heavy atom. The summed E-state index contributed by atoms with van der Waals surface area (Å²) in [4.78, 5) is 20.7. The van der Waals surface area contributed by atoms with Crippen LogP contribution in [0.4, 0.5) is 24.7 Å². The number of halogens is 3. The van der Waals surface area contributed by atoms with Crippen LogP contribution in [0.2, 0.25) is 0 Å². The van der Waals surface area contributed by atoms with Crippen LogP contribution >= 0.6 is 0 Å². The SMILES string of the molecule is Nc1nc(C23CC4CC(CC(c5cccc([N+](=O)[O-])c5)(C4)C2)C3)nc2c1Cc1ccc(C(F)(F)F)cc1O2. The van der Waals surface area contributed by atoms with Crippen molar-refractivity contribution in [3.8, 4) is 11.6 Å². The summed E-state index contributed by atoms with van der Waals surface area (Å²) in [5.74, 6) is 2.10. The Balaban J connectivity index is 1.28. The normalized spacial score (nSPS) is 28.9. The number of nitro benzene ring substituents is 1. The molecule has 196 valence electrons. The number of alkyl halides is 3. The van der Waals surface area contributed by atoms with E-state index in [4.69, 9.17) is 20.4 Å². The zero-order chi connectivity index (χ0) is 26.4. The van der Waals surface area contributed by atoms with E-state index < -0.39 is 11.7 Å². The Labute approximate surface area is 216 Å². The largest absolute Gasteiger partial charge is 0.438 e. The molecule has 0 saturated heterocycles. The smallest absolute Gasteiger partial charge is 0.416 e. The molecule has 38 heavy (non-hydrogen) atoms. The van der Waals surface area contributed by atoms with Crippen LogP contribution < -0.4 is 10.5 Å². The first-order valence-electron chi connectivity index (χ1n) is 12.8. The van der Waals surface area contributed by atoms with Gasteiger partial charge in [-0.3, -0.25) is 10.1 Å². The van der Waals surface area contributed by atoms with E-state index in [0.29, 0.717) is 35.2 Å². The van der Waals surface area contributed by atoms with E-state index in [9.17, 15) is 23.3 Å². The number of benzene rings is 2. The van der Waals surface area contributed by atoms with Gasteiger partial charge in [0.2, 0.25) is 5.88 Å². The molecule has 4 aliphatic carbocycles. The van der Waals surface area contributed by atoms with Crippen molar-refractivity contribution in [1.29, 1.82) is 0 Å². The van der Waals surface area contributed by atoms with Gasteiger partial charge in [-0.15, -0.1) is 0 Å². The van der Waals surface area contributed by atoms with Crippen LogP contribution in [-0.2, 0) is 23.4 Å². The molecule has 4 fully saturated rings. The predicted octanol–water partition coefficient (Wildman–Crippen LogP) is 6.47. The molecule has 0 spiro atoms. The van der Waals surface area contributed by atoms with Gasteiger partial charge in [-0.05, 0) is 79.0 Å². The fourth-order valence-electron chi connectivity index (χ4n) is 8.05. The second-order valence-electron chi connectivity index (χ2n) is 11.6. The van der Waals surface area contributed by atoms with E-state index in [1.165, 1.54) is 12.1 Å². The lowest BCUT2D eigenvalue weighted by molar-refractivity contribution is -0.385. The maximum atomic E-state index is 13.3. The van der Waals surface area contributed by atoms with Gasteiger partial charge in [0, 0.05) is 24.0 Å². The third kappa shape index (κ3) is 3.49. The van der Waals surface area contributed by atoms with Gasteiger partial charge in [0.1, 0.15) is 17.4 Å². The molecule has 8 rings (SSSR count). The van der Waals surface area contributed by atoms with E-state index in [0.717, 1.165) is 56.2 Å². The molecule has 2 N–H and O–H groups in total. The fraction of sp³-hybridized carbons (Fsp3) is 0.429. The molecule has 7 nitrogen and oxygen atoms in total. The molecule has 3 aromatic rings. The number of hydrogen-bond donors (Lipinski definition) is 1. The molecule has 0 radical (unpaired) electrons. The molecule has 1 aliphatic heterocycles. The number of nitro groups is 1. The summed E-state index contributed by atoms with van der Waals surface area (Å²) in [6.07, 6.45) is 1.41. The van der Waals surface area contributed by atoms with Crippen LogP contribution in [0.15, 0.2) is 42.5 Å². The van der Waals surface area contributed by atoms with Crippen molar-refractivity contribution in [3.05, 3.63) is 80.7 Å². The predicted molar refractivity (Wildman–Crippen MR) is 132 cm³/mol. The number of fused-ring (bicyclic) bond motifs is 2. The quantitative estimate of drug-likeness (QED) is 0.244. The van der Waals surface area contributed by atoms with Gasteiger partial charge in [0.25, 0.3) is 5.69 Å². The van der Waals surface area contributed by atoms with E-state index in [2.05, 4.69) is 0 Å². The highest BCUT2D eigenvalue weighted by molar-refractivity contribution is 5.56. The van der Waals surface area contributed by atoms with Crippen molar-refractivity contribution in [2.75, 3.05) is 5.73 Å².